The number of piperidine rings is 1. The molecule has 1 amide bonds. The number of halogens is 1. The summed E-state index contributed by atoms with van der Waals surface area (Å²) in [5.41, 5.74) is 3.74. The van der Waals surface area contributed by atoms with Crippen molar-refractivity contribution in [3.05, 3.63) is 94.9 Å². The summed E-state index contributed by atoms with van der Waals surface area (Å²) in [5, 5.41) is 20.5. The van der Waals surface area contributed by atoms with E-state index in [0.717, 1.165) is 27.9 Å². The summed E-state index contributed by atoms with van der Waals surface area (Å²) in [4.78, 5) is 31.8. The number of carboxylic acid groups (broad SMARTS) is 1. The quantitative estimate of drug-likeness (QED) is 0.278. The summed E-state index contributed by atoms with van der Waals surface area (Å²) >= 11 is 0. The lowest BCUT2D eigenvalue weighted by atomic mass is 9.68. The molecule has 2 aliphatic heterocycles. The molecule has 1 atom stereocenters. The lowest BCUT2D eigenvalue weighted by Gasteiger charge is -2.50. The summed E-state index contributed by atoms with van der Waals surface area (Å²) in [6.45, 7) is 1.42. The predicted molar refractivity (Wildman–Crippen MR) is 158 cm³/mol. The highest BCUT2D eigenvalue weighted by atomic mass is 19.1. The number of rotatable bonds is 8. The molecule has 10 heteroatoms. The number of hydrogen-bond acceptors (Lipinski definition) is 6. The Balaban J connectivity index is 1.30. The van der Waals surface area contributed by atoms with Crippen LogP contribution in [0.5, 0.6) is 11.5 Å². The topological polar surface area (TPSA) is 115 Å². The van der Waals surface area contributed by atoms with Gasteiger partial charge in [0.25, 0.3) is 5.91 Å². The molecule has 6 rings (SSSR count). The number of amides is 1. The van der Waals surface area contributed by atoms with Gasteiger partial charge in [-0.05, 0) is 60.9 Å². The number of aliphatic carboxylic acids is 1. The molecule has 0 aliphatic carbocycles. The Morgan fingerprint density at radius 1 is 1.05 bits per heavy atom. The maximum absolute atomic E-state index is 14.8. The van der Waals surface area contributed by atoms with E-state index in [2.05, 4.69) is 16.0 Å². The number of fused-ring (bicyclic) bond motifs is 4. The van der Waals surface area contributed by atoms with Crippen molar-refractivity contribution in [2.75, 3.05) is 40.0 Å². The van der Waals surface area contributed by atoms with Crippen LogP contribution in [-0.2, 0) is 16.8 Å². The first-order valence-electron chi connectivity index (χ1n) is 14.3. The van der Waals surface area contributed by atoms with E-state index in [1.807, 2.05) is 23.1 Å². The van der Waals surface area contributed by atoms with Gasteiger partial charge in [-0.25, -0.2) is 9.18 Å². The lowest BCUT2D eigenvalue weighted by Crippen LogP contribution is -2.54. The highest BCUT2D eigenvalue weighted by Crippen LogP contribution is 2.49. The van der Waals surface area contributed by atoms with Crippen LogP contribution in [0, 0.1) is 5.82 Å². The summed E-state index contributed by atoms with van der Waals surface area (Å²) < 4.78 is 25.4. The van der Waals surface area contributed by atoms with Crippen LogP contribution < -0.4 is 9.47 Å². The van der Waals surface area contributed by atoms with Gasteiger partial charge in [0, 0.05) is 65.4 Å². The maximum atomic E-state index is 14.8. The molecule has 1 spiro atoms. The Bertz CT molecular complexity index is 1640. The highest BCUT2D eigenvalue weighted by molar-refractivity contribution is 5.94. The van der Waals surface area contributed by atoms with Gasteiger partial charge < -0.3 is 29.6 Å². The van der Waals surface area contributed by atoms with E-state index in [1.165, 1.54) is 6.07 Å². The van der Waals surface area contributed by atoms with Gasteiger partial charge >= 0.3 is 5.97 Å². The van der Waals surface area contributed by atoms with Crippen LogP contribution >= 0.6 is 0 Å². The molecule has 3 N–H and O–H groups in total. The summed E-state index contributed by atoms with van der Waals surface area (Å²) in [6, 6.07) is 18.8. The van der Waals surface area contributed by atoms with E-state index in [-0.39, 0.29) is 29.8 Å². The molecule has 9 nitrogen and oxygen atoms in total. The van der Waals surface area contributed by atoms with Gasteiger partial charge in [0.1, 0.15) is 17.3 Å². The maximum Gasteiger partial charge on any atom is 0.341 e. The number of carbonyl (C=O) groups excluding carboxylic acids is 1. The number of aliphatic hydroxyl groups excluding tert-OH is 1. The van der Waals surface area contributed by atoms with E-state index in [9.17, 15) is 19.1 Å². The van der Waals surface area contributed by atoms with Crippen molar-refractivity contribution >= 4 is 22.8 Å². The number of aromatic nitrogens is 1. The molecule has 0 saturated carbocycles. The van der Waals surface area contributed by atoms with Gasteiger partial charge in [0.15, 0.2) is 6.61 Å². The summed E-state index contributed by atoms with van der Waals surface area (Å²) in [6.07, 6.45) is 1.38. The van der Waals surface area contributed by atoms with Crippen molar-refractivity contribution in [1.29, 1.82) is 0 Å². The third-order valence-electron chi connectivity index (χ3n) is 8.82. The Kier molecular flexibility index (Phi) is 7.81. The van der Waals surface area contributed by atoms with Crippen molar-refractivity contribution in [3.63, 3.8) is 0 Å². The number of aromatic amines is 1. The van der Waals surface area contributed by atoms with Crippen molar-refractivity contribution in [1.82, 2.24) is 14.8 Å². The fourth-order valence-corrected chi connectivity index (χ4v) is 6.69. The number of ether oxygens (including phenoxy) is 2. The zero-order valence-electron chi connectivity index (χ0n) is 23.9. The smallest absolute Gasteiger partial charge is 0.341 e. The third-order valence-corrected chi connectivity index (χ3v) is 8.82. The fourth-order valence-electron chi connectivity index (χ4n) is 6.69. The molecule has 1 aromatic heterocycles. The number of carboxylic acids is 1. The Morgan fingerprint density at radius 3 is 2.44 bits per heavy atom. The first-order chi connectivity index (χ1) is 20.8. The van der Waals surface area contributed by atoms with E-state index in [0.29, 0.717) is 55.9 Å². The van der Waals surface area contributed by atoms with Gasteiger partial charge in [-0.2, -0.15) is 0 Å². The average molecular weight is 588 g/mol. The molecule has 2 aliphatic rings. The second-order valence-electron chi connectivity index (χ2n) is 11.3. The molecular formula is C33H34FN3O6. The van der Waals surface area contributed by atoms with Crippen LogP contribution in [0.1, 0.15) is 46.1 Å². The monoisotopic (exact) mass is 587 g/mol. The zero-order valence-corrected chi connectivity index (χ0v) is 23.9. The van der Waals surface area contributed by atoms with Crippen LogP contribution in [0.15, 0.2) is 66.7 Å². The molecule has 0 radical (unpaired) electrons. The number of nitrogens with one attached hydrogen (secondary N) is 1. The standard InChI is InChI=1S/C33H34FN3O6/c1-42-24-10-11-25-27(16-24)35-31-28(18-38)37(17-22-4-2-3-5-26(22)34)20-33(30(25)31)12-14-36(15-13-33)32(41)21-6-8-23(9-7-21)43-19-29(39)40/h2-11,16,28,35,38H,12-15,17-20H2,1H3,(H,39,40). The minimum absolute atomic E-state index is 0.101. The van der Waals surface area contributed by atoms with Crippen LogP contribution in [0.25, 0.3) is 10.9 Å². The SMILES string of the molecule is COc1ccc2c3c([nH]c2c1)C(CO)N(Cc1ccccc1F)CC31CCN(C(=O)c2ccc(OCC(=O)O)cc2)CC1. The van der Waals surface area contributed by atoms with E-state index < -0.39 is 12.6 Å². The van der Waals surface area contributed by atoms with Crippen molar-refractivity contribution in [2.45, 2.75) is 30.8 Å². The molecule has 1 saturated heterocycles. The minimum atomic E-state index is -1.07. The first-order valence-corrected chi connectivity index (χ1v) is 14.3. The first kappa shape index (κ1) is 28.7. The molecule has 224 valence electrons. The number of H-pyrrole nitrogens is 1. The highest BCUT2D eigenvalue weighted by Gasteiger charge is 2.48. The normalized spacial score (nSPS) is 18.0. The fraction of sp³-hybridized carbons (Fsp3) is 0.333. The van der Waals surface area contributed by atoms with Crippen molar-refractivity contribution in [2.24, 2.45) is 0 Å². The van der Waals surface area contributed by atoms with E-state index in [4.69, 9.17) is 14.6 Å². The van der Waals surface area contributed by atoms with Crippen molar-refractivity contribution < 1.29 is 33.7 Å². The largest absolute Gasteiger partial charge is 0.497 e. The summed E-state index contributed by atoms with van der Waals surface area (Å²) in [7, 11) is 1.63. The molecule has 3 heterocycles. The van der Waals surface area contributed by atoms with Crippen molar-refractivity contribution in [3.8, 4) is 11.5 Å². The second kappa shape index (κ2) is 11.7. The number of methoxy groups -OCH3 is 1. The van der Waals surface area contributed by atoms with Crippen LogP contribution in [0.4, 0.5) is 4.39 Å². The third kappa shape index (κ3) is 5.44. The molecule has 0 bridgehead atoms. The lowest BCUT2D eigenvalue weighted by molar-refractivity contribution is -0.139. The molecule has 1 fully saturated rings. The predicted octanol–water partition coefficient (Wildman–Crippen LogP) is 4.50. The number of likely N-dealkylation sites (tertiary alicyclic amines) is 1. The molecule has 1 unspecified atom stereocenters. The molecular weight excluding hydrogens is 553 g/mol. The number of nitrogens with zero attached hydrogens (tertiary/aromatic N) is 2. The Hall–Kier alpha value is -4.41. The van der Waals surface area contributed by atoms with Gasteiger partial charge in [0.2, 0.25) is 0 Å². The van der Waals surface area contributed by atoms with Gasteiger partial charge in [-0.3, -0.25) is 9.69 Å². The van der Waals surface area contributed by atoms with Gasteiger partial charge in [0.05, 0.1) is 19.8 Å². The molecule has 4 aromatic rings. The number of hydrogen-bond donors (Lipinski definition) is 3. The molecule has 3 aromatic carbocycles. The van der Waals surface area contributed by atoms with E-state index in [1.54, 1.807) is 43.5 Å². The van der Waals surface area contributed by atoms with Crippen LogP contribution in [-0.4, -0.2) is 76.8 Å². The van der Waals surface area contributed by atoms with Crippen LogP contribution in [0.2, 0.25) is 0 Å². The van der Waals surface area contributed by atoms with Gasteiger partial charge in [-0.1, -0.05) is 18.2 Å². The Morgan fingerprint density at radius 2 is 1.77 bits per heavy atom. The summed E-state index contributed by atoms with van der Waals surface area (Å²) in [5.74, 6) is -0.337. The molecule has 43 heavy (non-hydrogen) atoms. The van der Waals surface area contributed by atoms with E-state index >= 15 is 0 Å². The number of aliphatic hydroxyl groups is 1. The van der Waals surface area contributed by atoms with Gasteiger partial charge in [-0.15, -0.1) is 0 Å². The second-order valence-corrected chi connectivity index (χ2v) is 11.3. The zero-order chi connectivity index (χ0) is 30.1. The van der Waals surface area contributed by atoms with Crippen LogP contribution in [0.3, 0.4) is 0 Å². The number of carbonyl (C=O) groups is 2. The minimum Gasteiger partial charge on any atom is -0.497 e. The average Bonchev–Trinajstić information content (AvgIpc) is 3.41. The Labute approximate surface area is 248 Å². The number of benzene rings is 3.